The van der Waals surface area contributed by atoms with E-state index >= 15 is 0 Å². The number of hydrogen-bond donors (Lipinski definition) is 0. The van der Waals surface area contributed by atoms with E-state index in [1.54, 1.807) is 21.1 Å². The van der Waals surface area contributed by atoms with Crippen LogP contribution in [0.4, 0.5) is 0 Å². The van der Waals surface area contributed by atoms with Crippen LogP contribution in [0, 0.1) is 0 Å². The third-order valence-electron chi connectivity index (χ3n) is 2.50. The van der Waals surface area contributed by atoms with Crippen LogP contribution in [0.15, 0.2) is 5.38 Å². The molecule has 0 fully saturated rings. The maximum Gasteiger partial charge on any atom is 0.213 e. The molecule has 1 aromatic heterocycles. The zero-order valence-corrected chi connectivity index (χ0v) is 12.1. The van der Waals surface area contributed by atoms with E-state index in [0.717, 1.165) is 10.7 Å². The molecule has 0 aliphatic heterocycles. The second kappa shape index (κ2) is 5.90. The lowest BCUT2D eigenvalue weighted by Gasteiger charge is -2.14. The lowest BCUT2D eigenvalue weighted by molar-refractivity contribution is 0.119. The monoisotopic (exact) mass is 278 g/mol. The Kier molecular flexibility index (Phi) is 5.05. The van der Waals surface area contributed by atoms with Crippen LogP contribution >= 0.6 is 11.3 Å². The summed E-state index contributed by atoms with van der Waals surface area (Å²) in [7, 11) is 0.0452. The average molecular weight is 278 g/mol. The van der Waals surface area contributed by atoms with Crippen LogP contribution in [0.3, 0.4) is 0 Å². The summed E-state index contributed by atoms with van der Waals surface area (Å²) in [6.07, 6.45) is -0.0539. The summed E-state index contributed by atoms with van der Waals surface area (Å²) < 4.78 is 29.6. The molecule has 1 atom stereocenters. The smallest absolute Gasteiger partial charge is 0.213 e. The molecule has 1 unspecified atom stereocenters. The Labute approximate surface area is 106 Å². The molecule has 7 heteroatoms. The van der Waals surface area contributed by atoms with Crippen LogP contribution in [0.2, 0.25) is 0 Å². The van der Waals surface area contributed by atoms with Gasteiger partial charge in [0.2, 0.25) is 10.0 Å². The van der Waals surface area contributed by atoms with Gasteiger partial charge in [-0.05, 0) is 13.8 Å². The van der Waals surface area contributed by atoms with Crippen molar-refractivity contribution in [2.45, 2.75) is 26.5 Å². The van der Waals surface area contributed by atoms with Gasteiger partial charge in [-0.15, -0.1) is 11.3 Å². The van der Waals surface area contributed by atoms with Crippen molar-refractivity contribution in [2.75, 3.05) is 19.9 Å². The van der Waals surface area contributed by atoms with Crippen LogP contribution in [0.25, 0.3) is 0 Å². The highest BCUT2D eigenvalue weighted by Crippen LogP contribution is 2.21. The van der Waals surface area contributed by atoms with Crippen molar-refractivity contribution in [1.82, 2.24) is 9.29 Å². The van der Waals surface area contributed by atoms with Crippen molar-refractivity contribution in [1.29, 1.82) is 0 Å². The van der Waals surface area contributed by atoms with Gasteiger partial charge >= 0.3 is 0 Å². The van der Waals surface area contributed by atoms with Gasteiger partial charge in [0.15, 0.2) is 0 Å². The van der Waals surface area contributed by atoms with Crippen molar-refractivity contribution in [3.63, 3.8) is 0 Å². The Morgan fingerprint density at radius 2 is 2.24 bits per heavy atom. The van der Waals surface area contributed by atoms with E-state index in [9.17, 15) is 8.42 Å². The van der Waals surface area contributed by atoms with Gasteiger partial charge in [-0.2, -0.15) is 4.31 Å². The summed E-state index contributed by atoms with van der Waals surface area (Å²) in [6, 6.07) is 0. The average Bonchev–Trinajstić information content (AvgIpc) is 2.76. The van der Waals surface area contributed by atoms with Gasteiger partial charge in [0.1, 0.15) is 11.1 Å². The fourth-order valence-corrected chi connectivity index (χ4v) is 2.84. The highest BCUT2D eigenvalue weighted by molar-refractivity contribution is 7.89. The second-order valence-corrected chi connectivity index (χ2v) is 6.97. The van der Waals surface area contributed by atoms with Gasteiger partial charge in [0.05, 0.1) is 18.0 Å². The fraction of sp³-hybridized carbons (Fsp3) is 0.700. The molecule has 0 bridgehead atoms. The molecule has 1 rings (SSSR count). The van der Waals surface area contributed by atoms with Crippen LogP contribution in [0.5, 0.6) is 0 Å². The quantitative estimate of drug-likeness (QED) is 0.793. The molecule has 1 heterocycles. The molecule has 0 N–H and O–H groups in total. The maximum atomic E-state index is 11.6. The van der Waals surface area contributed by atoms with E-state index in [2.05, 4.69) is 4.98 Å². The van der Waals surface area contributed by atoms with Crippen LogP contribution in [-0.2, 0) is 21.3 Å². The lowest BCUT2D eigenvalue weighted by Crippen LogP contribution is -2.27. The van der Waals surface area contributed by atoms with E-state index in [4.69, 9.17) is 4.74 Å². The standard InChI is InChI=1S/C10H18N2O3S2/c1-5-17(13,14)12(3)6-9-7-16-10(11-9)8(2)15-4/h7-8H,5-6H2,1-4H3. The second-order valence-electron chi connectivity index (χ2n) is 3.71. The zero-order chi connectivity index (χ0) is 13.1. The summed E-state index contributed by atoms with van der Waals surface area (Å²) in [6.45, 7) is 3.85. The first kappa shape index (κ1) is 14.6. The molecule has 17 heavy (non-hydrogen) atoms. The molecule has 0 saturated carbocycles. The van der Waals surface area contributed by atoms with Gasteiger partial charge in [0.25, 0.3) is 0 Å². The van der Waals surface area contributed by atoms with E-state index in [1.807, 2.05) is 12.3 Å². The van der Waals surface area contributed by atoms with Crippen LogP contribution < -0.4 is 0 Å². The molecule has 0 spiro atoms. The topological polar surface area (TPSA) is 59.5 Å². The van der Waals surface area contributed by atoms with E-state index < -0.39 is 10.0 Å². The molecule has 0 saturated heterocycles. The number of sulfonamides is 1. The van der Waals surface area contributed by atoms with Crippen LogP contribution in [0.1, 0.15) is 30.7 Å². The molecule has 5 nitrogen and oxygen atoms in total. The minimum absolute atomic E-state index is 0.0539. The first-order chi connectivity index (χ1) is 7.90. The Bertz CT molecular complexity index is 456. The van der Waals surface area contributed by atoms with Gasteiger partial charge in [0, 0.05) is 19.5 Å². The van der Waals surface area contributed by atoms with Crippen molar-refractivity contribution in [3.05, 3.63) is 16.1 Å². The summed E-state index contributed by atoms with van der Waals surface area (Å²) in [5.41, 5.74) is 0.758. The molecule has 0 aromatic carbocycles. The first-order valence-electron chi connectivity index (χ1n) is 5.31. The molecule has 0 aliphatic carbocycles. The van der Waals surface area contributed by atoms with Gasteiger partial charge in [-0.1, -0.05) is 0 Å². The fourth-order valence-electron chi connectivity index (χ4n) is 1.23. The number of ether oxygens (including phenoxy) is 1. The number of hydrogen-bond acceptors (Lipinski definition) is 5. The van der Waals surface area contributed by atoms with Crippen molar-refractivity contribution in [2.24, 2.45) is 0 Å². The van der Waals surface area contributed by atoms with E-state index in [-0.39, 0.29) is 11.9 Å². The van der Waals surface area contributed by atoms with Gasteiger partial charge in [-0.25, -0.2) is 13.4 Å². The summed E-state index contributed by atoms with van der Waals surface area (Å²) >= 11 is 1.48. The van der Waals surface area contributed by atoms with Crippen molar-refractivity contribution in [3.8, 4) is 0 Å². The number of rotatable bonds is 6. The Morgan fingerprint density at radius 3 is 2.76 bits per heavy atom. The van der Waals surface area contributed by atoms with Crippen molar-refractivity contribution >= 4 is 21.4 Å². The maximum absolute atomic E-state index is 11.6. The molecule has 1 aromatic rings. The number of nitrogens with zero attached hydrogens (tertiary/aromatic N) is 2. The predicted octanol–water partition coefficient (Wildman–Crippen LogP) is 1.63. The van der Waals surface area contributed by atoms with E-state index in [1.165, 1.54) is 15.6 Å². The molecular weight excluding hydrogens is 260 g/mol. The largest absolute Gasteiger partial charge is 0.375 e. The van der Waals surface area contributed by atoms with Gasteiger partial charge in [-0.3, -0.25) is 0 Å². The molecule has 0 radical (unpaired) electrons. The predicted molar refractivity (Wildman–Crippen MR) is 68.5 cm³/mol. The molecule has 0 aliphatic rings. The Morgan fingerprint density at radius 1 is 1.59 bits per heavy atom. The molecular formula is C10H18N2O3S2. The number of thiazole rings is 1. The summed E-state index contributed by atoms with van der Waals surface area (Å²) in [4.78, 5) is 4.36. The Hall–Kier alpha value is -0.500. The highest BCUT2D eigenvalue weighted by atomic mass is 32.2. The van der Waals surface area contributed by atoms with Gasteiger partial charge < -0.3 is 4.74 Å². The molecule has 98 valence electrons. The van der Waals surface area contributed by atoms with Crippen LogP contribution in [-0.4, -0.2) is 37.6 Å². The summed E-state index contributed by atoms with van der Waals surface area (Å²) in [5, 5.41) is 2.73. The number of aromatic nitrogens is 1. The highest BCUT2D eigenvalue weighted by Gasteiger charge is 2.17. The Balaban J connectivity index is 2.73. The minimum atomic E-state index is -3.15. The third-order valence-corrected chi connectivity index (χ3v) is 5.36. The minimum Gasteiger partial charge on any atom is -0.375 e. The number of methoxy groups -OCH3 is 1. The normalized spacial score (nSPS) is 14.2. The molecule has 0 amide bonds. The zero-order valence-electron chi connectivity index (χ0n) is 10.5. The third kappa shape index (κ3) is 3.74. The van der Waals surface area contributed by atoms with Crippen molar-refractivity contribution < 1.29 is 13.2 Å². The van der Waals surface area contributed by atoms with E-state index in [0.29, 0.717) is 6.54 Å². The SMILES string of the molecule is CCS(=O)(=O)N(C)Cc1csc(C(C)OC)n1. The lowest BCUT2D eigenvalue weighted by atomic mass is 10.4. The first-order valence-corrected chi connectivity index (χ1v) is 7.80. The summed E-state index contributed by atoms with van der Waals surface area (Å²) in [5.74, 6) is 0.106.